The maximum atomic E-state index is 12.1. The second kappa shape index (κ2) is 4.20. The molecule has 0 saturated heterocycles. The molecule has 94 valence electrons. The number of ketones is 1. The van der Waals surface area contributed by atoms with Crippen molar-refractivity contribution in [3.63, 3.8) is 0 Å². The molecule has 0 fully saturated rings. The zero-order valence-electron chi connectivity index (χ0n) is 9.92. The van der Waals surface area contributed by atoms with Crippen molar-refractivity contribution < 1.29 is 14.4 Å². The first-order chi connectivity index (χ1) is 9.18. The molecule has 0 atom stereocenters. The number of hydrogen-bond acceptors (Lipinski definition) is 3. The van der Waals surface area contributed by atoms with Gasteiger partial charge in [0, 0.05) is 6.20 Å². The molecule has 0 spiro atoms. The van der Waals surface area contributed by atoms with Crippen LogP contribution in [-0.4, -0.2) is 34.0 Å². The molecular weight excluding hydrogens is 244 g/mol. The van der Waals surface area contributed by atoms with E-state index >= 15 is 0 Å². The van der Waals surface area contributed by atoms with Gasteiger partial charge in [0.05, 0.1) is 23.4 Å². The number of imide groups is 1. The number of aromatic amines is 1. The van der Waals surface area contributed by atoms with Crippen molar-refractivity contribution in [3.8, 4) is 0 Å². The van der Waals surface area contributed by atoms with Crippen LogP contribution in [0.3, 0.4) is 0 Å². The predicted molar refractivity (Wildman–Crippen MR) is 66.9 cm³/mol. The summed E-state index contributed by atoms with van der Waals surface area (Å²) in [5.41, 5.74) is 1.09. The topological polar surface area (TPSA) is 70.2 Å². The van der Waals surface area contributed by atoms with Crippen molar-refractivity contribution in [1.29, 1.82) is 0 Å². The minimum absolute atomic E-state index is 0.243. The zero-order chi connectivity index (χ0) is 13.4. The number of hydrogen-bond donors (Lipinski definition) is 1. The van der Waals surface area contributed by atoms with E-state index in [-0.39, 0.29) is 12.3 Å². The summed E-state index contributed by atoms with van der Waals surface area (Å²) in [6, 6.07) is 9.88. The van der Waals surface area contributed by atoms with Gasteiger partial charge in [0.2, 0.25) is 0 Å². The first-order valence-electron chi connectivity index (χ1n) is 5.80. The lowest BCUT2D eigenvalue weighted by atomic mass is 10.1. The van der Waals surface area contributed by atoms with Crippen LogP contribution in [0.1, 0.15) is 31.2 Å². The largest absolute Gasteiger partial charge is 0.359 e. The number of amides is 2. The van der Waals surface area contributed by atoms with Gasteiger partial charge in [-0.25, -0.2) is 0 Å². The Bertz CT molecular complexity index is 639. The summed E-state index contributed by atoms with van der Waals surface area (Å²) < 4.78 is 0. The summed E-state index contributed by atoms with van der Waals surface area (Å²) in [6.45, 7) is -0.243. The Hall–Kier alpha value is -2.69. The minimum atomic E-state index is -0.416. The van der Waals surface area contributed by atoms with Crippen LogP contribution in [0.2, 0.25) is 0 Å². The van der Waals surface area contributed by atoms with Crippen LogP contribution < -0.4 is 0 Å². The average molecular weight is 254 g/mol. The van der Waals surface area contributed by atoms with Crippen LogP contribution in [0, 0.1) is 0 Å². The summed E-state index contributed by atoms with van der Waals surface area (Å²) in [6.07, 6.45) is 1.62. The summed E-state index contributed by atoms with van der Waals surface area (Å²) in [4.78, 5) is 39.8. The highest BCUT2D eigenvalue weighted by atomic mass is 16.2. The maximum absolute atomic E-state index is 12.1. The Morgan fingerprint density at radius 1 is 1.00 bits per heavy atom. The van der Waals surface area contributed by atoms with Crippen LogP contribution in [0.5, 0.6) is 0 Å². The van der Waals surface area contributed by atoms with Crippen LogP contribution in [0.4, 0.5) is 0 Å². The van der Waals surface area contributed by atoms with Gasteiger partial charge in [-0.1, -0.05) is 12.1 Å². The lowest BCUT2D eigenvalue weighted by molar-refractivity contribution is 0.0623. The molecule has 0 saturated carbocycles. The molecular formula is C14H10N2O3. The first kappa shape index (κ1) is 11.4. The summed E-state index contributed by atoms with van der Waals surface area (Å²) in [7, 11) is 0. The first-order valence-corrected chi connectivity index (χ1v) is 5.80. The fraction of sp³-hybridized carbons (Fsp3) is 0.0714. The Morgan fingerprint density at radius 2 is 1.63 bits per heavy atom. The van der Waals surface area contributed by atoms with E-state index in [1.54, 1.807) is 42.6 Å². The molecule has 5 heteroatoms. The third-order valence-corrected chi connectivity index (χ3v) is 3.08. The molecule has 0 aliphatic carbocycles. The third-order valence-electron chi connectivity index (χ3n) is 3.08. The van der Waals surface area contributed by atoms with Gasteiger partial charge in [-0.2, -0.15) is 0 Å². The van der Waals surface area contributed by atoms with Gasteiger partial charge in [-0.3, -0.25) is 19.3 Å². The monoisotopic (exact) mass is 254 g/mol. The van der Waals surface area contributed by atoms with Gasteiger partial charge < -0.3 is 4.98 Å². The van der Waals surface area contributed by atoms with Crippen molar-refractivity contribution in [1.82, 2.24) is 9.88 Å². The molecule has 3 rings (SSSR count). The van der Waals surface area contributed by atoms with Gasteiger partial charge in [0.25, 0.3) is 11.8 Å². The normalized spacial score (nSPS) is 13.8. The smallest absolute Gasteiger partial charge is 0.261 e. The molecule has 1 aliphatic rings. The van der Waals surface area contributed by atoms with E-state index in [1.807, 2.05) is 0 Å². The number of carbonyl (C=O) groups is 3. The van der Waals surface area contributed by atoms with Crippen molar-refractivity contribution in [3.05, 3.63) is 59.4 Å². The van der Waals surface area contributed by atoms with Gasteiger partial charge in [-0.05, 0) is 24.3 Å². The average Bonchev–Trinajstić information content (AvgIpc) is 3.03. The Balaban J connectivity index is 1.87. The van der Waals surface area contributed by atoms with E-state index in [9.17, 15) is 14.4 Å². The molecule has 0 unspecified atom stereocenters. The van der Waals surface area contributed by atoms with Crippen LogP contribution in [0.25, 0.3) is 0 Å². The highest BCUT2D eigenvalue weighted by molar-refractivity contribution is 6.22. The summed E-state index contributed by atoms with van der Waals surface area (Å²) in [5.74, 6) is -1.12. The number of rotatable bonds is 3. The van der Waals surface area contributed by atoms with Crippen molar-refractivity contribution in [2.75, 3.05) is 6.54 Å². The van der Waals surface area contributed by atoms with Gasteiger partial charge >= 0.3 is 0 Å². The highest BCUT2D eigenvalue weighted by Gasteiger charge is 2.36. The number of nitrogens with zero attached hydrogens (tertiary/aromatic N) is 1. The number of nitrogens with one attached hydrogen (secondary N) is 1. The fourth-order valence-electron chi connectivity index (χ4n) is 2.12. The van der Waals surface area contributed by atoms with Crippen molar-refractivity contribution in [2.24, 2.45) is 0 Å². The minimum Gasteiger partial charge on any atom is -0.359 e. The Kier molecular flexibility index (Phi) is 2.52. The second-order valence-electron chi connectivity index (χ2n) is 4.25. The molecule has 0 bridgehead atoms. The molecule has 2 amide bonds. The van der Waals surface area contributed by atoms with E-state index in [0.29, 0.717) is 16.8 Å². The molecule has 1 aliphatic heterocycles. The summed E-state index contributed by atoms with van der Waals surface area (Å²) in [5, 5.41) is 0. The SMILES string of the molecule is O=C(CN1C(=O)c2ccccc2C1=O)c1ccc[nH]1. The van der Waals surface area contributed by atoms with Crippen LogP contribution in [0.15, 0.2) is 42.6 Å². The lowest BCUT2D eigenvalue weighted by Crippen LogP contribution is -2.35. The highest BCUT2D eigenvalue weighted by Crippen LogP contribution is 2.22. The Labute approximate surface area is 108 Å². The Morgan fingerprint density at radius 3 is 2.16 bits per heavy atom. The fourth-order valence-corrected chi connectivity index (χ4v) is 2.12. The third kappa shape index (κ3) is 1.76. The standard InChI is InChI=1S/C14H10N2O3/c17-12(11-6-3-7-15-11)8-16-13(18)9-4-1-2-5-10(9)14(16)19/h1-7,15H,8H2. The quantitative estimate of drug-likeness (QED) is 0.666. The number of Topliss-reactive ketones (excluding diaryl/α,β-unsaturated/α-hetero) is 1. The van der Waals surface area contributed by atoms with Crippen molar-refractivity contribution >= 4 is 17.6 Å². The molecule has 2 heterocycles. The van der Waals surface area contributed by atoms with Crippen LogP contribution >= 0.6 is 0 Å². The second-order valence-corrected chi connectivity index (χ2v) is 4.25. The molecule has 1 aromatic carbocycles. The molecule has 2 aromatic rings. The molecule has 0 radical (unpaired) electrons. The number of benzene rings is 1. The van der Waals surface area contributed by atoms with Crippen molar-refractivity contribution in [2.45, 2.75) is 0 Å². The number of H-pyrrole nitrogens is 1. The number of fused-ring (bicyclic) bond motifs is 1. The summed E-state index contributed by atoms with van der Waals surface area (Å²) >= 11 is 0. The van der Waals surface area contributed by atoms with E-state index < -0.39 is 11.8 Å². The predicted octanol–water partition coefficient (Wildman–Crippen LogP) is 1.49. The van der Waals surface area contributed by atoms with Gasteiger partial charge in [-0.15, -0.1) is 0 Å². The molecule has 19 heavy (non-hydrogen) atoms. The van der Waals surface area contributed by atoms with E-state index in [2.05, 4.69) is 4.98 Å². The van der Waals surface area contributed by atoms with E-state index in [1.165, 1.54) is 0 Å². The maximum Gasteiger partial charge on any atom is 0.261 e. The molecule has 1 aromatic heterocycles. The molecule has 5 nitrogen and oxygen atoms in total. The van der Waals surface area contributed by atoms with Gasteiger partial charge in [0.1, 0.15) is 0 Å². The van der Waals surface area contributed by atoms with Gasteiger partial charge in [0.15, 0.2) is 5.78 Å². The lowest BCUT2D eigenvalue weighted by Gasteiger charge is -2.11. The number of carbonyl (C=O) groups excluding carboxylic acids is 3. The van der Waals surface area contributed by atoms with Crippen LogP contribution in [-0.2, 0) is 0 Å². The van der Waals surface area contributed by atoms with E-state index in [4.69, 9.17) is 0 Å². The number of aromatic nitrogens is 1. The van der Waals surface area contributed by atoms with E-state index in [0.717, 1.165) is 4.90 Å². The zero-order valence-corrected chi connectivity index (χ0v) is 9.92. The molecule has 1 N–H and O–H groups in total.